The smallest absolute Gasteiger partial charge is 0.235 e. The predicted molar refractivity (Wildman–Crippen MR) is 250 cm³/mol. The van der Waals surface area contributed by atoms with Gasteiger partial charge in [-0.3, -0.25) is 4.57 Å². The van der Waals surface area contributed by atoms with Gasteiger partial charge in [0.25, 0.3) is 0 Å². The van der Waals surface area contributed by atoms with Gasteiger partial charge in [-0.25, -0.2) is 9.97 Å². The molecule has 0 aliphatic carbocycles. The highest BCUT2D eigenvalue weighted by Gasteiger charge is 2.26. The first kappa shape index (κ1) is 31.5. The van der Waals surface area contributed by atoms with Gasteiger partial charge in [0, 0.05) is 68.8 Å². The van der Waals surface area contributed by atoms with E-state index in [1.165, 1.54) is 80.2 Å². The molecule has 0 aliphatic heterocycles. The summed E-state index contributed by atoms with van der Waals surface area (Å²) in [4.78, 5) is 11.2. The maximum atomic E-state index is 5.62. The Morgan fingerprint density at radius 2 is 1.05 bits per heavy atom. The molecule has 272 valence electrons. The largest absolute Gasteiger partial charge is 0.308 e. The molecule has 0 amide bonds. The van der Waals surface area contributed by atoms with Crippen molar-refractivity contribution in [1.29, 1.82) is 0 Å². The number of nitrogens with zero attached hydrogens (tertiary/aromatic N) is 4. The fourth-order valence-electron chi connectivity index (χ4n) is 10.2. The number of aromatic nitrogens is 4. The SMILES string of the molecule is c1ccc(-c2ccc(-c3nc(-n4c5cc6sc7ccccc7c6c6c7cccc8c9ccccc9n(c9cccc4c9c65)c87)nc4c3ccc3ccccc34)cc2)cc1. The molecule has 9 aromatic carbocycles. The first-order chi connectivity index (χ1) is 29.3. The topological polar surface area (TPSA) is 35.1 Å². The Bertz CT molecular complexity index is 4060. The summed E-state index contributed by atoms with van der Waals surface area (Å²) in [6.07, 6.45) is 0. The molecule has 14 aromatic rings. The predicted octanol–water partition coefficient (Wildman–Crippen LogP) is 14.7. The summed E-state index contributed by atoms with van der Waals surface area (Å²) in [5, 5.41) is 13.4. The molecular formula is C54H30N4S. The van der Waals surface area contributed by atoms with E-state index in [-0.39, 0.29) is 0 Å². The van der Waals surface area contributed by atoms with E-state index >= 15 is 0 Å². The third kappa shape index (κ3) is 4.16. The summed E-state index contributed by atoms with van der Waals surface area (Å²) < 4.78 is 7.40. The lowest BCUT2D eigenvalue weighted by Gasteiger charge is -2.14. The maximum absolute atomic E-state index is 5.62. The van der Waals surface area contributed by atoms with Gasteiger partial charge in [-0.1, -0.05) is 146 Å². The molecule has 4 nitrogen and oxygen atoms in total. The molecule has 0 unspecified atom stereocenters. The van der Waals surface area contributed by atoms with Crippen LogP contribution in [0.25, 0.3) is 130 Å². The fourth-order valence-corrected chi connectivity index (χ4v) is 11.3. The van der Waals surface area contributed by atoms with Gasteiger partial charge in [0.15, 0.2) is 0 Å². The number of hydrogen-bond donors (Lipinski definition) is 0. The van der Waals surface area contributed by atoms with Crippen LogP contribution in [-0.2, 0) is 0 Å². The molecule has 0 saturated carbocycles. The number of rotatable bonds is 3. The van der Waals surface area contributed by atoms with Crippen LogP contribution in [0, 0.1) is 0 Å². The monoisotopic (exact) mass is 766 g/mol. The minimum atomic E-state index is 0.663. The second kappa shape index (κ2) is 11.5. The zero-order chi connectivity index (χ0) is 38.3. The highest BCUT2D eigenvalue weighted by atomic mass is 32.1. The molecule has 14 rings (SSSR count). The highest BCUT2D eigenvalue weighted by Crippen LogP contribution is 2.49. The molecule has 0 N–H and O–H groups in total. The zero-order valence-corrected chi connectivity index (χ0v) is 32.3. The first-order valence-corrected chi connectivity index (χ1v) is 20.9. The summed E-state index contributed by atoms with van der Waals surface area (Å²) in [5.74, 6) is 0.663. The van der Waals surface area contributed by atoms with Gasteiger partial charge in [-0.15, -0.1) is 11.3 Å². The van der Waals surface area contributed by atoms with Crippen molar-refractivity contribution >= 4 is 113 Å². The lowest BCUT2D eigenvalue weighted by molar-refractivity contribution is 1.02. The molecule has 0 radical (unpaired) electrons. The summed E-state index contributed by atoms with van der Waals surface area (Å²) in [7, 11) is 0. The number of hydrogen-bond acceptors (Lipinski definition) is 3. The molecule has 0 aliphatic rings. The van der Waals surface area contributed by atoms with E-state index in [1.54, 1.807) is 0 Å². The van der Waals surface area contributed by atoms with Gasteiger partial charge >= 0.3 is 0 Å². The van der Waals surface area contributed by atoms with Crippen molar-refractivity contribution in [3.8, 4) is 28.3 Å². The van der Waals surface area contributed by atoms with E-state index in [2.05, 4.69) is 191 Å². The zero-order valence-electron chi connectivity index (χ0n) is 31.5. The minimum Gasteiger partial charge on any atom is -0.308 e. The van der Waals surface area contributed by atoms with Crippen LogP contribution in [-0.4, -0.2) is 18.9 Å². The van der Waals surface area contributed by atoms with Crippen molar-refractivity contribution in [3.63, 3.8) is 0 Å². The van der Waals surface area contributed by atoms with Crippen molar-refractivity contribution in [2.75, 3.05) is 0 Å². The summed E-state index contributed by atoms with van der Waals surface area (Å²) in [6, 6.07) is 66.2. The Balaban J connectivity index is 1.19. The highest BCUT2D eigenvalue weighted by molar-refractivity contribution is 7.26. The maximum Gasteiger partial charge on any atom is 0.235 e. The van der Waals surface area contributed by atoms with Crippen LogP contribution in [0.4, 0.5) is 0 Å². The Hall–Kier alpha value is -7.60. The minimum absolute atomic E-state index is 0.663. The molecular weight excluding hydrogens is 737 g/mol. The van der Waals surface area contributed by atoms with Gasteiger partial charge in [0.1, 0.15) is 0 Å². The van der Waals surface area contributed by atoms with Crippen LogP contribution < -0.4 is 0 Å². The number of fused-ring (bicyclic) bond motifs is 12. The fraction of sp³-hybridized carbons (Fsp3) is 0. The molecule has 5 heteroatoms. The number of thiophene rings is 1. The molecule has 0 atom stereocenters. The Kier molecular flexibility index (Phi) is 6.14. The average Bonchev–Trinajstić information content (AvgIpc) is 3.93. The van der Waals surface area contributed by atoms with Crippen molar-refractivity contribution in [2.24, 2.45) is 0 Å². The molecule has 5 aromatic heterocycles. The summed E-state index contributed by atoms with van der Waals surface area (Å²) in [5.41, 5.74) is 11.1. The van der Waals surface area contributed by atoms with Crippen LogP contribution in [0.3, 0.4) is 0 Å². The van der Waals surface area contributed by atoms with Gasteiger partial charge in [0.05, 0.1) is 38.8 Å². The molecule has 0 bridgehead atoms. The van der Waals surface area contributed by atoms with Crippen LogP contribution >= 0.6 is 11.3 Å². The third-order valence-electron chi connectivity index (χ3n) is 12.6. The van der Waals surface area contributed by atoms with E-state index in [0.717, 1.165) is 44.0 Å². The van der Waals surface area contributed by atoms with Gasteiger partial charge in [-0.2, -0.15) is 0 Å². The van der Waals surface area contributed by atoms with Crippen LogP contribution in [0.15, 0.2) is 182 Å². The summed E-state index contributed by atoms with van der Waals surface area (Å²) in [6.45, 7) is 0. The van der Waals surface area contributed by atoms with E-state index in [4.69, 9.17) is 9.97 Å². The van der Waals surface area contributed by atoms with E-state index in [1.807, 2.05) is 11.3 Å². The van der Waals surface area contributed by atoms with Gasteiger partial charge < -0.3 is 4.40 Å². The molecule has 0 fully saturated rings. The van der Waals surface area contributed by atoms with Gasteiger partial charge in [0.2, 0.25) is 5.95 Å². The van der Waals surface area contributed by atoms with Crippen molar-refractivity contribution in [1.82, 2.24) is 18.9 Å². The second-order valence-electron chi connectivity index (χ2n) is 15.7. The molecule has 0 spiro atoms. The molecule has 0 saturated heterocycles. The number of para-hydroxylation sites is 2. The van der Waals surface area contributed by atoms with E-state index < -0.39 is 0 Å². The van der Waals surface area contributed by atoms with E-state index in [9.17, 15) is 0 Å². The van der Waals surface area contributed by atoms with Crippen LogP contribution in [0.5, 0.6) is 0 Å². The van der Waals surface area contributed by atoms with Crippen LogP contribution in [0.1, 0.15) is 0 Å². The Labute approximate surface area is 340 Å². The lowest BCUT2D eigenvalue weighted by Crippen LogP contribution is -2.04. The standard InChI is InChI=1S/C54H30N4S/c1-2-12-31(13-3-1)32-24-26-34(27-25-32)51-40-29-28-33-14-4-5-15-35(33)52(40)56-54(55-51)58-43-22-11-21-42-49(43)50-44(58)30-46-47(38-17-7-9-23-45(38)59-46)48(50)39-19-10-18-37-36-16-6-8-20-41(36)57(42)53(37)39/h1-30H. The van der Waals surface area contributed by atoms with Crippen molar-refractivity contribution < 1.29 is 0 Å². The average molecular weight is 767 g/mol. The molecule has 59 heavy (non-hydrogen) atoms. The third-order valence-corrected chi connectivity index (χ3v) is 13.8. The lowest BCUT2D eigenvalue weighted by atomic mass is 9.99. The van der Waals surface area contributed by atoms with Crippen LogP contribution in [0.2, 0.25) is 0 Å². The quantitative estimate of drug-likeness (QED) is 0.168. The first-order valence-electron chi connectivity index (χ1n) is 20.1. The second-order valence-corrected chi connectivity index (χ2v) is 16.8. The summed E-state index contributed by atoms with van der Waals surface area (Å²) >= 11 is 1.87. The van der Waals surface area contributed by atoms with Gasteiger partial charge in [-0.05, 0) is 52.9 Å². The Morgan fingerprint density at radius 3 is 1.95 bits per heavy atom. The van der Waals surface area contributed by atoms with Crippen molar-refractivity contribution in [2.45, 2.75) is 0 Å². The number of benzene rings is 9. The molecule has 5 heterocycles. The van der Waals surface area contributed by atoms with E-state index in [0.29, 0.717) is 5.95 Å². The normalized spacial score (nSPS) is 12.4. The van der Waals surface area contributed by atoms with Crippen molar-refractivity contribution in [3.05, 3.63) is 182 Å². The Morgan fingerprint density at radius 1 is 0.373 bits per heavy atom.